The van der Waals surface area contributed by atoms with Crippen molar-refractivity contribution in [3.8, 4) is 5.75 Å². The fourth-order valence-corrected chi connectivity index (χ4v) is 2.41. The predicted molar refractivity (Wildman–Crippen MR) is 70.1 cm³/mol. The van der Waals surface area contributed by atoms with Crippen LogP contribution in [0.4, 0.5) is 4.39 Å². The van der Waals surface area contributed by atoms with Gasteiger partial charge in [0.05, 0.1) is 0 Å². The Labute approximate surface area is 108 Å². The van der Waals surface area contributed by atoms with E-state index < -0.39 is 0 Å². The molecule has 0 saturated carbocycles. The van der Waals surface area contributed by atoms with E-state index in [1.54, 1.807) is 12.1 Å². The van der Waals surface area contributed by atoms with Crippen molar-refractivity contribution in [1.29, 1.82) is 0 Å². The van der Waals surface area contributed by atoms with E-state index in [0.717, 1.165) is 13.0 Å². The summed E-state index contributed by atoms with van der Waals surface area (Å²) in [6.07, 6.45) is 3.63. The molecule has 1 heterocycles. The van der Waals surface area contributed by atoms with Gasteiger partial charge in [0.2, 0.25) is 0 Å². The monoisotopic (exact) mass is 252 g/mol. The second kappa shape index (κ2) is 6.16. The highest BCUT2D eigenvalue weighted by Gasteiger charge is 2.20. The van der Waals surface area contributed by atoms with Gasteiger partial charge in [-0.3, -0.25) is 0 Å². The average molecular weight is 252 g/mol. The molecule has 1 aliphatic rings. The summed E-state index contributed by atoms with van der Waals surface area (Å²) in [6.45, 7) is 1.89. The Morgan fingerprint density at radius 1 is 1.44 bits per heavy atom. The van der Waals surface area contributed by atoms with E-state index in [-0.39, 0.29) is 12.4 Å². The molecule has 4 heteroatoms. The van der Waals surface area contributed by atoms with Gasteiger partial charge >= 0.3 is 0 Å². The number of benzene rings is 1. The highest BCUT2D eigenvalue weighted by atomic mass is 19.1. The first kappa shape index (κ1) is 13.3. The first-order valence-electron chi connectivity index (χ1n) is 6.53. The normalized spacial score (nSPS) is 20.9. The van der Waals surface area contributed by atoms with Gasteiger partial charge in [-0.2, -0.15) is 0 Å². The van der Waals surface area contributed by atoms with Gasteiger partial charge in [-0.25, -0.2) is 4.39 Å². The van der Waals surface area contributed by atoms with Crippen LogP contribution in [0.1, 0.15) is 24.8 Å². The van der Waals surface area contributed by atoms with Crippen LogP contribution < -0.4 is 10.5 Å². The first-order valence-corrected chi connectivity index (χ1v) is 6.53. The van der Waals surface area contributed by atoms with Crippen molar-refractivity contribution < 1.29 is 9.13 Å². The lowest BCUT2D eigenvalue weighted by Gasteiger charge is -2.32. The zero-order valence-corrected chi connectivity index (χ0v) is 10.9. The smallest absolute Gasteiger partial charge is 0.131 e. The number of hydrogen-bond donors (Lipinski definition) is 1. The van der Waals surface area contributed by atoms with Gasteiger partial charge in [0.1, 0.15) is 18.2 Å². The molecule has 1 aliphatic heterocycles. The number of hydrogen-bond acceptors (Lipinski definition) is 3. The molecule has 1 atom stereocenters. The standard InChI is InChI=1S/C14H21FN2O/c1-17-8-3-2-5-11(17)10-18-14-7-4-6-13(15)12(14)9-16/h4,6-7,11H,2-3,5,8-10,16H2,1H3. The summed E-state index contributed by atoms with van der Waals surface area (Å²) in [5.41, 5.74) is 6.03. The molecule has 3 nitrogen and oxygen atoms in total. The number of likely N-dealkylation sites (N-methyl/N-ethyl adjacent to an activating group) is 1. The number of ether oxygens (including phenoxy) is 1. The number of nitrogens with zero attached hydrogens (tertiary/aromatic N) is 1. The van der Waals surface area contributed by atoms with Gasteiger partial charge in [-0.05, 0) is 38.6 Å². The lowest BCUT2D eigenvalue weighted by Crippen LogP contribution is -2.40. The zero-order chi connectivity index (χ0) is 13.0. The molecule has 2 N–H and O–H groups in total. The Hall–Kier alpha value is -1.13. The van der Waals surface area contributed by atoms with Crippen molar-refractivity contribution in [2.45, 2.75) is 31.8 Å². The molecule has 0 aromatic heterocycles. The number of piperidine rings is 1. The third-order valence-electron chi connectivity index (χ3n) is 3.63. The fourth-order valence-electron chi connectivity index (χ4n) is 2.41. The Morgan fingerprint density at radius 3 is 3.00 bits per heavy atom. The van der Waals surface area contributed by atoms with Crippen LogP contribution in [0.5, 0.6) is 5.75 Å². The van der Waals surface area contributed by atoms with Crippen LogP contribution in [0, 0.1) is 5.82 Å². The van der Waals surface area contributed by atoms with Crippen LogP contribution in [0.15, 0.2) is 18.2 Å². The molecule has 1 unspecified atom stereocenters. The van der Waals surface area contributed by atoms with Crippen LogP contribution in [-0.2, 0) is 6.54 Å². The highest BCUT2D eigenvalue weighted by molar-refractivity contribution is 5.34. The SMILES string of the molecule is CN1CCCCC1COc1cccc(F)c1CN. The molecular formula is C14H21FN2O. The number of rotatable bonds is 4. The Kier molecular flexibility index (Phi) is 4.55. The second-order valence-corrected chi connectivity index (χ2v) is 4.86. The van der Waals surface area contributed by atoms with Crippen molar-refractivity contribution in [3.63, 3.8) is 0 Å². The highest BCUT2D eigenvalue weighted by Crippen LogP contribution is 2.22. The number of halogens is 1. The van der Waals surface area contributed by atoms with Gasteiger partial charge in [0.15, 0.2) is 0 Å². The van der Waals surface area contributed by atoms with Crippen molar-refractivity contribution in [2.75, 3.05) is 20.2 Å². The lowest BCUT2D eigenvalue weighted by atomic mass is 10.0. The van der Waals surface area contributed by atoms with Gasteiger partial charge in [0.25, 0.3) is 0 Å². The van der Waals surface area contributed by atoms with E-state index in [2.05, 4.69) is 11.9 Å². The van der Waals surface area contributed by atoms with Crippen LogP contribution in [0.3, 0.4) is 0 Å². The van der Waals surface area contributed by atoms with Gasteiger partial charge < -0.3 is 15.4 Å². The molecule has 2 rings (SSSR count). The van der Waals surface area contributed by atoms with Crippen LogP contribution in [0.2, 0.25) is 0 Å². The molecule has 1 saturated heterocycles. The van der Waals surface area contributed by atoms with E-state index in [0.29, 0.717) is 24.0 Å². The fraction of sp³-hybridized carbons (Fsp3) is 0.571. The van der Waals surface area contributed by atoms with E-state index in [1.165, 1.54) is 18.9 Å². The van der Waals surface area contributed by atoms with Crippen molar-refractivity contribution in [3.05, 3.63) is 29.6 Å². The maximum atomic E-state index is 13.5. The third kappa shape index (κ3) is 3.00. The largest absolute Gasteiger partial charge is 0.492 e. The summed E-state index contributed by atoms with van der Waals surface area (Å²) in [6, 6.07) is 5.29. The maximum absolute atomic E-state index is 13.5. The molecule has 100 valence electrons. The summed E-state index contributed by atoms with van der Waals surface area (Å²) in [5, 5.41) is 0. The van der Waals surface area contributed by atoms with Crippen LogP contribution >= 0.6 is 0 Å². The van der Waals surface area contributed by atoms with Crippen LogP contribution in [-0.4, -0.2) is 31.1 Å². The summed E-state index contributed by atoms with van der Waals surface area (Å²) < 4.78 is 19.3. The topological polar surface area (TPSA) is 38.5 Å². The average Bonchev–Trinajstić information content (AvgIpc) is 2.38. The molecule has 0 spiro atoms. The Morgan fingerprint density at radius 2 is 2.28 bits per heavy atom. The second-order valence-electron chi connectivity index (χ2n) is 4.86. The molecule has 1 aromatic rings. The third-order valence-corrected chi connectivity index (χ3v) is 3.63. The molecule has 0 amide bonds. The van der Waals surface area contributed by atoms with E-state index >= 15 is 0 Å². The summed E-state index contributed by atoms with van der Waals surface area (Å²) in [5.74, 6) is 0.295. The van der Waals surface area contributed by atoms with E-state index in [9.17, 15) is 4.39 Å². The predicted octanol–water partition coefficient (Wildman–Crippen LogP) is 2.15. The minimum atomic E-state index is -0.285. The molecular weight excluding hydrogens is 231 g/mol. The molecule has 1 aromatic carbocycles. The van der Waals surface area contributed by atoms with Crippen LogP contribution in [0.25, 0.3) is 0 Å². The van der Waals surface area contributed by atoms with Crippen molar-refractivity contribution in [2.24, 2.45) is 5.73 Å². The van der Waals surface area contributed by atoms with Gasteiger partial charge in [0, 0.05) is 18.2 Å². The number of nitrogens with two attached hydrogens (primary N) is 1. The Bertz CT molecular complexity index is 397. The van der Waals surface area contributed by atoms with E-state index in [1.807, 2.05) is 0 Å². The van der Waals surface area contributed by atoms with Gasteiger partial charge in [-0.1, -0.05) is 12.5 Å². The van der Waals surface area contributed by atoms with Crippen molar-refractivity contribution >= 4 is 0 Å². The maximum Gasteiger partial charge on any atom is 0.131 e. The van der Waals surface area contributed by atoms with Gasteiger partial charge in [-0.15, -0.1) is 0 Å². The lowest BCUT2D eigenvalue weighted by molar-refractivity contribution is 0.124. The molecule has 18 heavy (non-hydrogen) atoms. The van der Waals surface area contributed by atoms with E-state index in [4.69, 9.17) is 10.5 Å². The minimum Gasteiger partial charge on any atom is -0.492 e. The Balaban J connectivity index is 1.99. The summed E-state index contributed by atoms with van der Waals surface area (Å²) in [7, 11) is 2.11. The number of likely N-dealkylation sites (tertiary alicyclic amines) is 1. The molecule has 0 aliphatic carbocycles. The minimum absolute atomic E-state index is 0.169. The van der Waals surface area contributed by atoms with Crippen molar-refractivity contribution in [1.82, 2.24) is 4.90 Å². The summed E-state index contributed by atoms with van der Waals surface area (Å²) >= 11 is 0. The molecule has 0 bridgehead atoms. The molecule has 1 fully saturated rings. The summed E-state index contributed by atoms with van der Waals surface area (Å²) in [4.78, 5) is 2.31. The zero-order valence-electron chi connectivity index (χ0n) is 10.9. The molecule has 0 radical (unpaired) electrons. The first-order chi connectivity index (χ1) is 8.72. The quantitative estimate of drug-likeness (QED) is 0.892.